The fourth-order valence-electron chi connectivity index (χ4n) is 3.52. The molecule has 0 radical (unpaired) electrons. The topological polar surface area (TPSA) is 123 Å². The SMILES string of the molecule is CC.NC(=NC(=O)c1ccsc1)c1ccc(-c2ccc(NC(=O)Nc3cc(C(F)(F)F)ccc3F)c(F)c2)c(F)c1N. The molecule has 0 saturated heterocycles. The van der Waals surface area contributed by atoms with Crippen LogP contribution in [-0.2, 0) is 6.18 Å². The molecule has 0 fully saturated rings. The number of nitrogen functional groups attached to an aromatic ring is 1. The molecule has 1 aromatic heterocycles. The van der Waals surface area contributed by atoms with Crippen LogP contribution in [0.4, 0.5) is 48.2 Å². The lowest BCUT2D eigenvalue weighted by Crippen LogP contribution is -2.21. The highest BCUT2D eigenvalue weighted by Crippen LogP contribution is 2.33. The van der Waals surface area contributed by atoms with Crippen LogP contribution in [0.15, 0.2) is 70.3 Å². The molecule has 0 spiro atoms. The molecule has 0 saturated carbocycles. The third-order valence-electron chi connectivity index (χ3n) is 5.52. The lowest BCUT2D eigenvalue weighted by molar-refractivity contribution is -0.137. The van der Waals surface area contributed by atoms with Gasteiger partial charge in [0, 0.05) is 16.5 Å². The van der Waals surface area contributed by atoms with E-state index in [4.69, 9.17) is 11.5 Å². The summed E-state index contributed by atoms with van der Waals surface area (Å²) in [5, 5.41) is 7.17. The zero-order chi connectivity index (χ0) is 31.2. The molecule has 4 aromatic rings. The molecule has 0 aliphatic heterocycles. The molecular formula is C28H23F6N5O2S. The second kappa shape index (κ2) is 13.2. The molecular weight excluding hydrogens is 584 g/mol. The van der Waals surface area contributed by atoms with Gasteiger partial charge >= 0.3 is 12.2 Å². The Morgan fingerprint density at radius 2 is 1.57 bits per heavy atom. The fraction of sp³-hybridized carbons (Fsp3) is 0.107. The molecule has 3 amide bonds. The second-order valence-electron chi connectivity index (χ2n) is 8.17. The van der Waals surface area contributed by atoms with E-state index < -0.39 is 58.2 Å². The molecule has 14 heteroatoms. The minimum atomic E-state index is -4.78. The maximum atomic E-state index is 15.1. The number of nitrogens with two attached hydrogens (primary N) is 2. The van der Waals surface area contributed by atoms with Gasteiger partial charge in [0.15, 0.2) is 5.82 Å². The number of benzene rings is 3. The minimum Gasteiger partial charge on any atom is -0.396 e. The van der Waals surface area contributed by atoms with E-state index in [9.17, 15) is 31.5 Å². The first kappa shape index (κ1) is 31.7. The number of aliphatic imine (C=N–C) groups is 1. The molecule has 4 rings (SSSR count). The number of urea groups is 1. The van der Waals surface area contributed by atoms with Crippen LogP contribution in [0.5, 0.6) is 0 Å². The Bertz CT molecular complexity index is 1640. The van der Waals surface area contributed by atoms with Gasteiger partial charge in [-0.2, -0.15) is 29.5 Å². The van der Waals surface area contributed by atoms with Crippen molar-refractivity contribution < 1.29 is 35.9 Å². The fourth-order valence-corrected chi connectivity index (χ4v) is 4.15. The number of nitrogens with zero attached hydrogens (tertiary/aromatic N) is 1. The average molecular weight is 608 g/mol. The number of carbonyl (C=O) groups is 2. The monoisotopic (exact) mass is 607 g/mol. The van der Waals surface area contributed by atoms with Crippen molar-refractivity contribution in [2.75, 3.05) is 16.4 Å². The number of amidine groups is 1. The molecule has 1 heterocycles. The summed E-state index contributed by atoms with van der Waals surface area (Å²) in [4.78, 5) is 28.1. The third kappa shape index (κ3) is 7.26. The number of hydrogen-bond donors (Lipinski definition) is 4. The molecule has 7 nitrogen and oxygen atoms in total. The Labute approximate surface area is 239 Å². The molecule has 0 bridgehead atoms. The first-order chi connectivity index (χ1) is 19.8. The maximum Gasteiger partial charge on any atom is 0.416 e. The van der Waals surface area contributed by atoms with Crippen molar-refractivity contribution in [3.63, 3.8) is 0 Å². The maximum absolute atomic E-state index is 15.1. The van der Waals surface area contributed by atoms with Crippen molar-refractivity contribution in [2.24, 2.45) is 10.7 Å². The normalized spacial score (nSPS) is 11.4. The number of alkyl halides is 3. The Hall–Kier alpha value is -4.85. The van der Waals surface area contributed by atoms with Crippen LogP contribution in [0.2, 0.25) is 0 Å². The molecule has 0 aliphatic rings. The lowest BCUT2D eigenvalue weighted by atomic mass is 10.0. The van der Waals surface area contributed by atoms with E-state index in [1.54, 1.807) is 10.8 Å². The van der Waals surface area contributed by atoms with E-state index in [0.717, 1.165) is 12.1 Å². The van der Waals surface area contributed by atoms with Gasteiger partial charge in [-0.25, -0.2) is 18.0 Å². The van der Waals surface area contributed by atoms with Gasteiger partial charge < -0.3 is 22.1 Å². The van der Waals surface area contributed by atoms with Gasteiger partial charge in [0.1, 0.15) is 17.5 Å². The number of thiophene rings is 1. The Morgan fingerprint density at radius 3 is 2.19 bits per heavy atom. The van der Waals surface area contributed by atoms with Gasteiger partial charge in [-0.1, -0.05) is 26.0 Å². The number of hydrogen-bond acceptors (Lipinski definition) is 4. The van der Waals surface area contributed by atoms with Crippen LogP contribution in [0.3, 0.4) is 0 Å². The number of halogens is 6. The summed E-state index contributed by atoms with van der Waals surface area (Å²) in [7, 11) is 0. The summed E-state index contributed by atoms with van der Waals surface area (Å²) in [6.45, 7) is 4.00. The highest BCUT2D eigenvalue weighted by Gasteiger charge is 2.31. The lowest BCUT2D eigenvalue weighted by Gasteiger charge is -2.13. The van der Waals surface area contributed by atoms with E-state index in [1.165, 1.54) is 35.6 Å². The highest BCUT2D eigenvalue weighted by atomic mass is 32.1. The summed E-state index contributed by atoms with van der Waals surface area (Å²) in [5.41, 5.74) is 8.97. The first-order valence-electron chi connectivity index (χ1n) is 12.1. The van der Waals surface area contributed by atoms with E-state index in [-0.39, 0.29) is 22.5 Å². The summed E-state index contributed by atoms with van der Waals surface area (Å²) in [5.74, 6) is -4.13. The van der Waals surface area contributed by atoms with Gasteiger partial charge in [0.05, 0.1) is 28.2 Å². The van der Waals surface area contributed by atoms with E-state index in [1.807, 2.05) is 24.5 Å². The smallest absolute Gasteiger partial charge is 0.396 e. The van der Waals surface area contributed by atoms with Crippen LogP contribution in [0, 0.1) is 17.5 Å². The molecule has 0 aliphatic carbocycles. The quantitative estimate of drug-likeness (QED) is 0.0806. The predicted octanol–water partition coefficient (Wildman–Crippen LogP) is 7.65. The summed E-state index contributed by atoms with van der Waals surface area (Å²) >= 11 is 1.28. The number of amides is 3. The van der Waals surface area contributed by atoms with E-state index in [0.29, 0.717) is 23.8 Å². The molecule has 42 heavy (non-hydrogen) atoms. The average Bonchev–Trinajstić information content (AvgIpc) is 3.48. The highest BCUT2D eigenvalue weighted by molar-refractivity contribution is 7.08. The van der Waals surface area contributed by atoms with E-state index in [2.05, 4.69) is 4.99 Å². The van der Waals surface area contributed by atoms with Gasteiger partial charge in [-0.3, -0.25) is 4.79 Å². The van der Waals surface area contributed by atoms with E-state index >= 15 is 4.39 Å². The number of nitrogens with one attached hydrogen (secondary N) is 2. The summed E-state index contributed by atoms with van der Waals surface area (Å²) in [6.07, 6.45) is -4.78. The van der Waals surface area contributed by atoms with Crippen molar-refractivity contribution in [2.45, 2.75) is 20.0 Å². The largest absolute Gasteiger partial charge is 0.416 e. The van der Waals surface area contributed by atoms with Crippen LogP contribution in [-0.4, -0.2) is 17.8 Å². The van der Waals surface area contributed by atoms with Crippen molar-refractivity contribution in [3.05, 3.63) is 99.5 Å². The number of carbonyl (C=O) groups excluding carboxylic acids is 2. The van der Waals surface area contributed by atoms with Crippen LogP contribution >= 0.6 is 11.3 Å². The van der Waals surface area contributed by atoms with Gasteiger partial charge in [0.25, 0.3) is 5.91 Å². The third-order valence-corrected chi connectivity index (χ3v) is 6.20. The molecule has 6 N–H and O–H groups in total. The number of rotatable bonds is 5. The second-order valence-corrected chi connectivity index (χ2v) is 8.95. The molecule has 220 valence electrons. The van der Waals surface area contributed by atoms with Crippen molar-refractivity contribution in [1.29, 1.82) is 0 Å². The Kier molecular flexibility index (Phi) is 9.96. The molecule has 0 unspecified atom stereocenters. The summed E-state index contributed by atoms with van der Waals surface area (Å²) < 4.78 is 82.4. The Morgan fingerprint density at radius 1 is 0.881 bits per heavy atom. The van der Waals surface area contributed by atoms with Gasteiger partial charge in [-0.15, -0.1) is 0 Å². The minimum absolute atomic E-state index is 0.00740. The van der Waals surface area contributed by atoms with Crippen molar-refractivity contribution in [3.8, 4) is 11.1 Å². The zero-order valence-electron chi connectivity index (χ0n) is 21.9. The zero-order valence-corrected chi connectivity index (χ0v) is 22.8. The van der Waals surface area contributed by atoms with Crippen LogP contribution < -0.4 is 22.1 Å². The van der Waals surface area contributed by atoms with Gasteiger partial charge in [-0.05, 0) is 53.4 Å². The standard InChI is InChI=1S/C26H17F6N5O2S.C2H6/c27-17-5-2-14(26(30,31)32)10-20(17)36-25(39)35-19-6-1-12(9-18(19)28)15-3-4-16(22(33)21(15)29)23(34)37-24(38)13-7-8-40-11-13;1-2/h1-11H,33H2,(H2,34,37,38)(H2,35,36,39);1-2H3. The Balaban J connectivity index is 0.00000237. The predicted molar refractivity (Wildman–Crippen MR) is 151 cm³/mol. The van der Waals surface area contributed by atoms with Crippen LogP contribution in [0.25, 0.3) is 11.1 Å². The molecule has 3 aromatic carbocycles. The number of anilines is 3. The van der Waals surface area contributed by atoms with Crippen molar-refractivity contribution in [1.82, 2.24) is 0 Å². The van der Waals surface area contributed by atoms with Crippen molar-refractivity contribution >= 4 is 46.2 Å². The molecule has 0 atom stereocenters. The summed E-state index contributed by atoms with van der Waals surface area (Å²) in [6, 6.07) is 7.44. The van der Waals surface area contributed by atoms with Gasteiger partial charge in [0.2, 0.25) is 0 Å². The van der Waals surface area contributed by atoms with Crippen LogP contribution in [0.1, 0.15) is 35.3 Å². The first-order valence-corrected chi connectivity index (χ1v) is 13.0.